The summed E-state index contributed by atoms with van der Waals surface area (Å²) >= 11 is 4.59. The van der Waals surface area contributed by atoms with Crippen LogP contribution < -0.4 is 5.32 Å². The molecule has 4 rings (SSSR count). The van der Waals surface area contributed by atoms with Crippen LogP contribution >= 0.6 is 27.7 Å². The Kier molecular flexibility index (Phi) is 5.79. The van der Waals surface area contributed by atoms with E-state index < -0.39 is 4.92 Å². The highest BCUT2D eigenvalue weighted by Crippen LogP contribution is 2.34. The second kappa shape index (κ2) is 8.52. The maximum atomic E-state index is 12.4. The lowest BCUT2D eigenvalue weighted by molar-refractivity contribution is -0.384. The number of carbonyl (C=O) groups is 1. The van der Waals surface area contributed by atoms with Crippen LogP contribution in [0.4, 0.5) is 11.4 Å². The first-order valence-electron chi connectivity index (χ1n) is 9.21. The molecule has 1 aromatic heterocycles. The Morgan fingerprint density at radius 2 is 1.97 bits per heavy atom. The molecule has 2 aromatic carbocycles. The van der Waals surface area contributed by atoms with Crippen molar-refractivity contribution in [2.75, 3.05) is 0 Å². The van der Waals surface area contributed by atoms with Crippen molar-refractivity contribution in [2.24, 2.45) is 4.99 Å². The van der Waals surface area contributed by atoms with E-state index >= 15 is 0 Å². The van der Waals surface area contributed by atoms with E-state index in [1.54, 1.807) is 24.3 Å². The van der Waals surface area contributed by atoms with Gasteiger partial charge in [0.15, 0.2) is 5.17 Å². The van der Waals surface area contributed by atoms with Crippen LogP contribution in [0.1, 0.15) is 16.9 Å². The molecule has 1 saturated heterocycles. The molecule has 7 nitrogen and oxygen atoms in total. The smallest absolute Gasteiger partial charge is 0.270 e. The van der Waals surface area contributed by atoms with E-state index in [2.05, 4.69) is 26.2 Å². The number of nitro benzene ring substituents is 1. The van der Waals surface area contributed by atoms with Crippen LogP contribution in [0.3, 0.4) is 0 Å². The molecule has 0 bridgehead atoms. The van der Waals surface area contributed by atoms with Crippen molar-refractivity contribution in [3.8, 4) is 11.3 Å². The third kappa shape index (κ3) is 4.62. The quantitative estimate of drug-likeness (QED) is 0.265. The number of aliphatic imine (C=N–C) groups is 1. The van der Waals surface area contributed by atoms with Crippen LogP contribution in [-0.2, 0) is 4.79 Å². The standard InChI is InChI=1S/C22H16BrN3O4S/c1-12-3-7-18(13(2)9-12)24-22-25-21(27)20(31-22)11-15-5-8-19(30-15)16-6-4-14(26(28)29)10-17(16)23/h3-11H,1-2H3,(H,24,25,27)/b20-11+. The number of nitro groups is 1. The zero-order chi connectivity index (χ0) is 22.1. The molecule has 2 heterocycles. The van der Waals surface area contributed by atoms with Gasteiger partial charge in [0.05, 0.1) is 15.5 Å². The monoisotopic (exact) mass is 497 g/mol. The average Bonchev–Trinajstić information content (AvgIpc) is 3.31. The van der Waals surface area contributed by atoms with E-state index in [-0.39, 0.29) is 11.6 Å². The van der Waals surface area contributed by atoms with Gasteiger partial charge in [-0.05, 0) is 71.4 Å². The van der Waals surface area contributed by atoms with Crippen molar-refractivity contribution in [3.63, 3.8) is 0 Å². The van der Waals surface area contributed by atoms with E-state index in [4.69, 9.17) is 4.42 Å². The van der Waals surface area contributed by atoms with Gasteiger partial charge in [-0.1, -0.05) is 17.7 Å². The fraction of sp³-hybridized carbons (Fsp3) is 0.0909. The number of carbonyl (C=O) groups excluding carboxylic acids is 1. The normalized spacial score (nSPS) is 16.2. The SMILES string of the molecule is Cc1ccc(N=C2NC(=O)/C(=C\c3ccc(-c4ccc([N+](=O)[O-])cc4Br)o3)S2)c(C)c1. The lowest BCUT2D eigenvalue weighted by Crippen LogP contribution is -2.19. The van der Waals surface area contributed by atoms with Crippen LogP contribution in [0.25, 0.3) is 17.4 Å². The summed E-state index contributed by atoms with van der Waals surface area (Å²) in [6.45, 7) is 4.00. The number of amidine groups is 1. The Labute approximate surface area is 190 Å². The molecule has 1 aliphatic rings. The van der Waals surface area contributed by atoms with Crippen molar-refractivity contribution in [1.82, 2.24) is 5.32 Å². The van der Waals surface area contributed by atoms with E-state index in [0.29, 0.717) is 31.6 Å². The third-order valence-corrected chi connectivity index (χ3v) is 6.12. The van der Waals surface area contributed by atoms with E-state index in [0.717, 1.165) is 16.8 Å². The number of nitrogens with zero attached hydrogens (tertiary/aromatic N) is 2. The van der Waals surface area contributed by atoms with Gasteiger partial charge in [-0.3, -0.25) is 14.9 Å². The Morgan fingerprint density at radius 3 is 2.68 bits per heavy atom. The number of hydrogen-bond acceptors (Lipinski definition) is 6. The zero-order valence-electron chi connectivity index (χ0n) is 16.5. The number of non-ortho nitro benzene ring substituents is 1. The Morgan fingerprint density at radius 1 is 1.16 bits per heavy atom. The van der Waals surface area contributed by atoms with Gasteiger partial charge in [0.25, 0.3) is 11.6 Å². The molecule has 0 unspecified atom stereocenters. The molecule has 3 aromatic rings. The first-order valence-corrected chi connectivity index (χ1v) is 10.8. The maximum absolute atomic E-state index is 12.4. The summed E-state index contributed by atoms with van der Waals surface area (Å²) in [4.78, 5) is 27.8. The Balaban J connectivity index is 1.56. The number of halogens is 1. The fourth-order valence-electron chi connectivity index (χ4n) is 3.04. The van der Waals surface area contributed by atoms with Gasteiger partial charge in [0.2, 0.25) is 0 Å². The summed E-state index contributed by atoms with van der Waals surface area (Å²) in [5.41, 5.74) is 3.65. The Bertz CT molecular complexity index is 1280. The number of thioether (sulfide) groups is 1. The van der Waals surface area contributed by atoms with Gasteiger partial charge >= 0.3 is 0 Å². The lowest BCUT2D eigenvalue weighted by Gasteiger charge is -2.02. The number of hydrogen-bond donors (Lipinski definition) is 1. The molecule has 1 fully saturated rings. The minimum absolute atomic E-state index is 0.0146. The van der Waals surface area contributed by atoms with Crippen LogP contribution in [0.15, 0.2) is 67.3 Å². The van der Waals surface area contributed by atoms with Crippen LogP contribution in [0.2, 0.25) is 0 Å². The summed E-state index contributed by atoms with van der Waals surface area (Å²) in [7, 11) is 0. The molecule has 1 amide bonds. The zero-order valence-corrected chi connectivity index (χ0v) is 18.9. The Hall–Kier alpha value is -3.17. The molecule has 1 N–H and O–H groups in total. The van der Waals surface area contributed by atoms with Crippen molar-refractivity contribution in [3.05, 3.63) is 84.9 Å². The summed E-state index contributed by atoms with van der Waals surface area (Å²) in [6, 6.07) is 13.9. The second-order valence-corrected chi connectivity index (χ2v) is 8.78. The molecule has 9 heteroatoms. The number of rotatable bonds is 4. The van der Waals surface area contributed by atoms with Gasteiger partial charge in [-0.15, -0.1) is 0 Å². The van der Waals surface area contributed by atoms with E-state index in [9.17, 15) is 14.9 Å². The van der Waals surface area contributed by atoms with Gasteiger partial charge in [0.1, 0.15) is 11.5 Å². The fourth-order valence-corrected chi connectivity index (χ4v) is 4.42. The molecule has 0 spiro atoms. The molecule has 156 valence electrons. The molecule has 0 saturated carbocycles. The number of nitrogens with one attached hydrogen (secondary N) is 1. The highest BCUT2D eigenvalue weighted by molar-refractivity contribution is 9.10. The molecular formula is C22H16BrN3O4S. The van der Waals surface area contributed by atoms with E-state index in [1.807, 2.05) is 32.0 Å². The minimum atomic E-state index is -0.459. The predicted molar refractivity (Wildman–Crippen MR) is 125 cm³/mol. The predicted octanol–water partition coefficient (Wildman–Crippen LogP) is 6.13. The van der Waals surface area contributed by atoms with Gasteiger partial charge in [-0.2, -0.15) is 0 Å². The first kappa shape index (κ1) is 21.1. The number of benzene rings is 2. The largest absolute Gasteiger partial charge is 0.457 e. The van der Waals surface area contributed by atoms with Gasteiger partial charge in [0, 0.05) is 28.2 Å². The third-order valence-electron chi connectivity index (χ3n) is 4.55. The first-order chi connectivity index (χ1) is 14.8. The number of furan rings is 1. The summed E-state index contributed by atoms with van der Waals surface area (Å²) in [5.74, 6) is 0.773. The van der Waals surface area contributed by atoms with Crippen molar-refractivity contribution in [2.45, 2.75) is 13.8 Å². The number of aryl methyl sites for hydroxylation is 2. The highest BCUT2D eigenvalue weighted by Gasteiger charge is 2.24. The molecule has 1 aliphatic heterocycles. The van der Waals surface area contributed by atoms with Crippen LogP contribution in [0, 0.1) is 24.0 Å². The topological polar surface area (TPSA) is 97.7 Å². The van der Waals surface area contributed by atoms with Crippen molar-refractivity contribution >= 4 is 56.2 Å². The summed E-state index contributed by atoms with van der Waals surface area (Å²) < 4.78 is 6.38. The molecule has 0 radical (unpaired) electrons. The average molecular weight is 498 g/mol. The van der Waals surface area contributed by atoms with Gasteiger partial charge in [-0.25, -0.2) is 4.99 Å². The minimum Gasteiger partial charge on any atom is -0.457 e. The molecule has 31 heavy (non-hydrogen) atoms. The van der Waals surface area contributed by atoms with Crippen LogP contribution in [-0.4, -0.2) is 16.0 Å². The molecule has 0 aliphatic carbocycles. The summed E-state index contributed by atoms with van der Waals surface area (Å²) in [6.07, 6.45) is 1.65. The van der Waals surface area contributed by atoms with Crippen molar-refractivity contribution in [1.29, 1.82) is 0 Å². The number of amides is 1. The second-order valence-electron chi connectivity index (χ2n) is 6.89. The maximum Gasteiger partial charge on any atom is 0.270 e. The summed E-state index contributed by atoms with van der Waals surface area (Å²) in [5, 5.41) is 14.2. The van der Waals surface area contributed by atoms with Gasteiger partial charge < -0.3 is 9.73 Å². The lowest BCUT2D eigenvalue weighted by atomic mass is 10.1. The van der Waals surface area contributed by atoms with Crippen LogP contribution in [0.5, 0.6) is 0 Å². The molecular weight excluding hydrogens is 482 g/mol. The van der Waals surface area contributed by atoms with E-state index in [1.165, 1.54) is 23.9 Å². The molecule has 0 atom stereocenters. The highest BCUT2D eigenvalue weighted by atomic mass is 79.9. The van der Waals surface area contributed by atoms with Crippen molar-refractivity contribution < 1.29 is 14.1 Å².